The normalized spacial score (nSPS) is 11.7. The number of anilines is 3. The molecule has 0 unspecified atom stereocenters. The van der Waals surface area contributed by atoms with Gasteiger partial charge in [0.15, 0.2) is 5.75 Å². The lowest BCUT2D eigenvalue weighted by Gasteiger charge is -2.24. The number of primary amides is 1. The summed E-state index contributed by atoms with van der Waals surface area (Å²) in [5, 5.41) is 12.6. The lowest BCUT2D eigenvalue weighted by Crippen LogP contribution is -2.30. The van der Waals surface area contributed by atoms with Gasteiger partial charge in [0.1, 0.15) is 5.70 Å². The molecule has 0 heterocycles. The average molecular weight is 547 g/mol. The number of nitrogens with one attached hydrogen (secondary N) is 2. The Hall–Kier alpha value is -3.41. The minimum atomic E-state index is -0.794. The number of hydrogen-bond donors (Lipinski definition) is 6. The molecule has 0 aliphatic carbocycles. The van der Waals surface area contributed by atoms with Crippen LogP contribution in [0.3, 0.4) is 0 Å². The number of benzene rings is 2. The Balaban J connectivity index is 0.00000132. The molecule has 0 aliphatic rings. The van der Waals surface area contributed by atoms with Crippen LogP contribution in [-0.2, 0) is 10.2 Å². The number of aryl methyl sites for hydroxylation is 1. The van der Waals surface area contributed by atoms with Gasteiger partial charge in [-0.15, -0.1) is 0 Å². The molecule has 0 saturated carbocycles. The third-order valence-electron chi connectivity index (χ3n) is 4.93. The number of rotatable bonds is 8. The second-order valence-corrected chi connectivity index (χ2v) is 11.3. The summed E-state index contributed by atoms with van der Waals surface area (Å²) in [5.41, 5.74) is 13.9. The van der Waals surface area contributed by atoms with Crippen molar-refractivity contribution in [3.63, 3.8) is 0 Å². The first kappa shape index (κ1) is 32.6. The Morgan fingerprint density at radius 3 is 2.08 bits per heavy atom. The third kappa shape index (κ3) is 10.2. The number of carbonyl (C=O) groups is 2. The zero-order chi connectivity index (χ0) is 29.4. The number of carbonyl (C=O) groups excluding carboxylic acids is 2. The zero-order valence-corrected chi connectivity index (χ0v) is 24.5. The van der Waals surface area contributed by atoms with E-state index in [1.54, 1.807) is 46.1 Å². The molecular formula is C27H42N6O4S. The summed E-state index contributed by atoms with van der Waals surface area (Å²) < 4.78 is 8.81. The third-order valence-corrected chi connectivity index (χ3v) is 5.36. The molecule has 38 heavy (non-hydrogen) atoms. The Labute approximate surface area is 230 Å². The van der Waals surface area contributed by atoms with E-state index in [-0.39, 0.29) is 17.0 Å². The second-order valence-electron chi connectivity index (χ2n) is 10.6. The van der Waals surface area contributed by atoms with Gasteiger partial charge in [-0.1, -0.05) is 38.8 Å². The maximum absolute atomic E-state index is 13.2. The molecule has 0 aromatic heterocycles. The predicted molar refractivity (Wildman–Crippen MR) is 158 cm³/mol. The van der Waals surface area contributed by atoms with Crippen molar-refractivity contribution in [1.29, 1.82) is 0 Å². The number of nitrogens with zero attached hydrogens (tertiary/aromatic N) is 1. The summed E-state index contributed by atoms with van der Waals surface area (Å²) in [5.74, 6) is 5.41. The minimum absolute atomic E-state index is 0.148. The van der Waals surface area contributed by atoms with Gasteiger partial charge in [0, 0.05) is 18.0 Å². The molecule has 2 amide bonds. The second kappa shape index (κ2) is 13.4. The number of amides is 2. The van der Waals surface area contributed by atoms with Crippen LogP contribution in [0.5, 0.6) is 5.75 Å². The van der Waals surface area contributed by atoms with Crippen LogP contribution in [0.25, 0.3) is 0 Å². The van der Waals surface area contributed by atoms with E-state index in [1.807, 2.05) is 25.3 Å². The Morgan fingerprint density at radius 2 is 1.61 bits per heavy atom. The molecule has 2 rings (SSSR count). The molecule has 2 aromatic carbocycles. The number of methoxy groups -OCH3 is 1. The first-order valence-electron chi connectivity index (χ1n) is 11.9. The first-order valence-corrected chi connectivity index (χ1v) is 13.1. The van der Waals surface area contributed by atoms with Crippen LogP contribution in [0, 0.1) is 6.92 Å². The van der Waals surface area contributed by atoms with E-state index >= 15 is 0 Å². The van der Waals surface area contributed by atoms with E-state index in [1.165, 1.54) is 18.1 Å². The highest BCUT2D eigenvalue weighted by Gasteiger charge is 2.21. The van der Waals surface area contributed by atoms with Crippen LogP contribution in [0.2, 0.25) is 0 Å². The van der Waals surface area contributed by atoms with Crippen molar-refractivity contribution in [1.82, 2.24) is 0 Å². The van der Waals surface area contributed by atoms with Crippen molar-refractivity contribution < 1.29 is 19.4 Å². The molecule has 0 aliphatic heterocycles. The highest BCUT2D eigenvalue weighted by atomic mass is 32.2. The standard InChI is InChI=1S/C23H32N6O3S.C4H10O/c1-13-7-8-14(9-19(13)29(26)12-16(24)21(25)30)22(31)27-17-10-15(23(2,3)4)11-18(28-33-6)20(17)32-5;1-4(2,3)5/h7-12,28H,24,26H2,1-6H3,(H2,25,30)(H,27,31);5H,1-3H3/b16-12-;. The topological polar surface area (TPSA) is 169 Å². The SMILES string of the molecule is CC(C)(C)O.COc1c(NSC)cc(C(C)(C)C)cc1NC(=O)c1ccc(C)c(N(N)/C=C(\N)C(N)=O)c1. The molecule has 0 radical (unpaired) electrons. The molecule has 0 fully saturated rings. The molecular weight excluding hydrogens is 504 g/mol. The summed E-state index contributed by atoms with van der Waals surface area (Å²) >= 11 is 1.43. The number of hydrazine groups is 1. The summed E-state index contributed by atoms with van der Waals surface area (Å²) in [6.45, 7) is 13.3. The number of aliphatic hydroxyl groups is 1. The van der Waals surface area contributed by atoms with E-state index in [0.29, 0.717) is 22.7 Å². The fourth-order valence-corrected chi connectivity index (χ4v) is 3.44. The van der Waals surface area contributed by atoms with Gasteiger partial charge >= 0.3 is 0 Å². The van der Waals surface area contributed by atoms with Crippen LogP contribution < -0.4 is 37.1 Å². The summed E-state index contributed by atoms with van der Waals surface area (Å²) in [4.78, 5) is 24.4. The lowest BCUT2D eigenvalue weighted by atomic mass is 9.86. The largest absolute Gasteiger partial charge is 0.492 e. The van der Waals surface area contributed by atoms with Gasteiger partial charge < -0.3 is 31.3 Å². The number of hydrogen-bond acceptors (Lipinski definition) is 9. The molecule has 10 nitrogen and oxygen atoms in total. The van der Waals surface area contributed by atoms with Gasteiger partial charge in [-0.05, 0) is 68.5 Å². The smallest absolute Gasteiger partial charge is 0.266 e. The Morgan fingerprint density at radius 1 is 1.05 bits per heavy atom. The monoisotopic (exact) mass is 546 g/mol. The minimum Gasteiger partial charge on any atom is -0.492 e. The van der Waals surface area contributed by atoms with Crippen molar-refractivity contribution >= 4 is 40.8 Å². The van der Waals surface area contributed by atoms with Gasteiger partial charge in [0.25, 0.3) is 11.8 Å². The summed E-state index contributed by atoms with van der Waals surface area (Å²) in [6.07, 6.45) is 3.12. The quantitative estimate of drug-likeness (QED) is 0.124. The highest BCUT2D eigenvalue weighted by Crippen LogP contribution is 2.39. The van der Waals surface area contributed by atoms with Gasteiger partial charge in [0.2, 0.25) is 0 Å². The van der Waals surface area contributed by atoms with E-state index in [0.717, 1.165) is 21.8 Å². The van der Waals surface area contributed by atoms with Crippen LogP contribution in [-0.4, -0.2) is 35.9 Å². The van der Waals surface area contributed by atoms with Crippen molar-refractivity contribution in [3.8, 4) is 5.75 Å². The number of ether oxygens (including phenoxy) is 1. The first-order chi connectivity index (χ1) is 17.4. The Bertz CT molecular complexity index is 1160. The van der Waals surface area contributed by atoms with Crippen LogP contribution in [0.4, 0.5) is 17.1 Å². The zero-order valence-electron chi connectivity index (χ0n) is 23.7. The van der Waals surface area contributed by atoms with Gasteiger partial charge in [-0.3, -0.25) is 14.6 Å². The van der Waals surface area contributed by atoms with Gasteiger partial charge in [0.05, 0.1) is 29.8 Å². The fraction of sp³-hybridized carbons (Fsp3) is 0.407. The van der Waals surface area contributed by atoms with E-state index in [2.05, 4.69) is 30.8 Å². The molecule has 0 saturated heterocycles. The maximum Gasteiger partial charge on any atom is 0.266 e. The fourth-order valence-electron chi connectivity index (χ4n) is 3.07. The summed E-state index contributed by atoms with van der Waals surface area (Å²) in [7, 11) is 1.55. The van der Waals surface area contributed by atoms with Crippen LogP contribution in [0.1, 0.15) is 63.0 Å². The highest BCUT2D eigenvalue weighted by molar-refractivity contribution is 7.99. The molecule has 11 heteroatoms. The molecule has 210 valence electrons. The van der Waals surface area contributed by atoms with E-state index < -0.39 is 11.5 Å². The van der Waals surface area contributed by atoms with Crippen molar-refractivity contribution in [2.24, 2.45) is 17.3 Å². The average Bonchev–Trinajstić information content (AvgIpc) is 2.77. The van der Waals surface area contributed by atoms with Gasteiger partial charge in [-0.2, -0.15) is 0 Å². The summed E-state index contributed by atoms with van der Waals surface area (Å²) in [6, 6.07) is 8.96. The molecule has 0 spiro atoms. The lowest BCUT2D eigenvalue weighted by molar-refractivity contribution is -0.114. The van der Waals surface area contributed by atoms with Crippen molar-refractivity contribution in [2.75, 3.05) is 28.4 Å². The molecule has 0 bridgehead atoms. The van der Waals surface area contributed by atoms with Gasteiger partial charge in [-0.25, -0.2) is 5.84 Å². The van der Waals surface area contributed by atoms with E-state index in [4.69, 9.17) is 27.2 Å². The van der Waals surface area contributed by atoms with Crippen LogP contribution in [0.15, 0.2) is 42.2 Å². The predicted octanol–water partition coefficient (Wildman–Crippen LogP) is 3.99. The van der Waals surface area contributed by atoms with Crippen molar-refractivity contribution in [2.45, 2.75) is 59.5 Å². The molecule has 2 aromatic rings. The van der Waals surface area contributed by atoms with E-state index in [9.17, 15) is 9.59 Å². The maximum atomic E-state index is 13.2. The Kier molecular flexibility index (Phi) is 11.5. The van der Waals surface area contributed by atoms with Crippen molar-refractivity contribution in [3.05, 3.63) is 58.9 Å². The number of nitrogens with two attached hydrogens (primary N) is 3. The molecule has 0 atom stereocenters. The van der Waals surface area contributed by atoms with Crippen LogP contribution >= 0.6 is 11.9 Å². The molecule has 9 N–H and O–H groups in total.